The van der Waals surface area contributed by atoms with E-state index >= 15 is 0 Å². The maximum absolute atomic E-state index is 11.7. The second-order valence-electron chi connectivity index (χ2n) is 6.20. The molecule has 26 heavy (non-hydrogen) atoms. The summed E-state index contributed by atoms with van der Waals surface area (Å²) in [4.78, 5) is 15.9. The van der Waals surface area contributed by atoms with Crippen LogP contribution in [0.1, 0.15) is 43.1 Å². The van der Waals surface area contributed by atoms with Crippen LogP contribution in [0.4, 0.5) is 0 Å². The number of carbonyl (C=O) groups excluding carboxylic acids is 1. The summed E-state index contributed by atoms with van der Waals surface area (Å²) in [6.07, 6.45) is 1.08. The van der Waals surface area contributed by atoms with Crippen LogP contribution in [-0.4, -0.2) is 45.2 Å². The zero-order valence-electron chi connectivity index (χ0n) is 16.3. The first-order chi connectivity index (χ1) is 12.1. The zero-order valence-corrected chi connectivity index (χ0v) is 18.6. The maximum atomic E-state index is 11.7. The third-order valence-corrected chi connectivity index (χ3v) is 3.62. The topological polar surface area (TPSA) is 74.8 Å². The van der Waals surface area contributed by atoms with Gasteiger partial charge in [-0.05, 0) is 37.0 Å². The van der Waals surface area contributed by atoms with Crippen molar-refractivity contribution in [2.75, 3.05) is 33.4 Å². The zero-order chi connectivity index (χ0) is 18.5. The number of hydrogen-bond acceptors (Lipinski definition) is 3. The number of hydrogen-bond donors (Lipinski definition) is 3. The fourth-order valence-electron chi connectivity index (χ4n) is 2.11. The Morgan fingerprint density at radius 2 is 1.81 bits per heavy atom. The van der Waals surface area contributed by atoms with Gasteiger partial charge < -0.3 is 20.7 Å². The molecule has 7 heteroatoms. The van der Waals surface area contributed by atoms with Crippen molar-refractivity contribution >= 4 is 35.8 Å². The molecule has 1 rings (SSSR count). The predicted molar refractivity (Wildman–Crippen MR) is 118 cm³/mol. The molecule has 0 aliphatic rings. The van der Waals surface area contributed by atoms with Gasteiger partial charge in [0, 0.05) is 38.9 Å². The number of guanidine groups is 1. The fraction of sp³-hybridized carbons (Fsp3) is 0.579. The molecule has 3 N–H and O–H groups in total. The van der Waals surface area contributed by atoms with E-state index in [0.29, 0.717) is 37.7 Å². The fourth-order valence-corrected chi connectivity index (χ4v) is 2.11. The highest BCUT2D eigenvalue weighted by atomic mass is 127. The molecule has 0 saturated carbocycles. The van der Waals surface area contributed by atoms with Crippen LogP contribution >= 0.6 is 24.0 Å². The van der Waals surface area contributed by atoms with Gasteiger partial charge in [0.05, 0.1) is 6.61 Å². The Kier molecular flexibility index (Phi) is 14.0. The number of ether oxygens (including phenoxy) is 1. The van der Waals surface area contributed by atoms with Gasteiger partial charge in [0.2, 0.25) is 0 Å². The van der Waals surface area contributed by atoms with Gasteiger partial charge in [-0.3, -0.25) is 9.79 Å². The molecule has 148 valence electrons. The molecule has 0 spiro atoms. The van der Waals surface area contributed by atoms with Crippen molar-refractivity contribution in [3.05, 3.63) is 35.4 Å². The SMILES string of the molecule is CCNC(=O)c1ccc(CNC(=NC)NCCOCCC(C)C)cc1.I. The molecular weight excluding hydrogens is 443 g/mol. The Bertz CT molecular complexity index is 533. The third-order valence-electron chi connectivity index (χ3n) is 3.62. The Labute approximate surface area is 174 Å². The quantitative estimate of drug-likeness (QED) is 0.210. The molecule has 0 fully saturated rings. The van der Waals surface area contributed by atoms with Gasteiger partial charge in [-0.15, -0.1) is 24.0 Å². The van der Waals surface area contributed by atoms with Gasteiger partial charge in [-0.1, -0.05) is 26.0 Å². The normalized spacial score (nSPS) is 11.0. The van der Waals surface area contributed by atoms with E-state index in [0.717, 1.165) is 24.6 Å². The standard InChI is InChI=1S/C19H32N4O2.HI/c1-5-21-18(24)17-8-6-16(7-9-17)14-23-19(20-4)22-11-13-25-12-10-15(2)3;/h6-9,15H,5,10-14H2,1-4H3,(H,21,24)(H2,20,22,23);1H. The minimum absolute atomic E-state index is 0. The second kappa shape index (κ2) is 14.8. The van der Waals surface area contributed by atoms with E-state index in [1.54, 1.807) is 7.05 Å². The molecule has 0 heterocycles. The number of benzene rings is 1. The van der Waals surface area contributed by atoms with Crippen molar-refractivity contribution in [1.82, 2.24) is 16.0 Å². The van der Waals surface area contributed by atoms with Crippen LogP contribution < -0.4 is 16.0 Å². The molecule has 1 aromatic rings. The van der Waals surface area contributed by atoms with E-state index in [9.17, 15) is 4.79 Å². The summed E-state index contributed by atoms with van der Waals surface area (Å²) in [5.74, 6) is 1.36. The number of aliphatic imine (C=N–C) groups is 1. The van der Waals surface area contributed by atoms with E-state index in [1.165, 1.54) is 0 Å². The van der Waals surface area contributed by atoms with E-state index in [-0.39, 0.29) is 29.9 Å². The minimum Gasteiger partial charge on any atom is -0.380 e. The lowest BCUT2D eigenvalue weighted by Gasteiger charge is -2.13. The number of nitrogens with one attached hydrogen (secondary N) is 3. The van der Waals surface area contributed by atoms with Crippen molar-refractivity contribution in [3.8, 4) is 0 Å². The molecule has 0 atom stereocenters. The Balaban J connectivity index is 0.00000625. The number of halogens is 1. The van der Waals surface area contributed by atoms with Crippen LogP contribution in [0, 0.1) is 5.92 Å². The average molecular weight is 476 g/mol. The van der Waals surface area contributed by atoms with Crippen LogP contribution in [0.25, 0.3) is 0 Å². The summed E-state index contributed by atoms with van der Waals surface area (Å²) < 4.78 is 5.57. The highest BCUT2D eigenvalue weighted by molar-refractivity contribution is 14.0. The molecular formula is C19H33IN4O2. The maximum Gasteiger partial charge on any atom is 0.251 e. The van der Waals surface area contributed by atoms with Gasteiger partial charge in [-0.2, -0.15) is 0 Å². The summed E-state index contributed by atoms with van der Waals surface area (Å²) in [6.45, 7) is 9.73. The summed E-state index contributed by atoms with van der Waals surface area (Å²) >= 11 is 0. The van der Waals surface area contributed by atoms with Gasteiger partial charge in [0.15, 0.2) is 5.96 Å². The van der Waals surface area contributed by atoms with E-state index in [1.807, 2.05) is 31.2 Å². The average Bonchev–Trinajstić information content (AvgIpc) is 2.61. The van der Waals surface area contributed by atoms with E-state index < -0.39 is 0 Å². The summed E-state index contributed by atoms with van der Waals surface area (Å²) in [5, 5.41) is 9.26. The monoisotopic (exact) mass is 476 g/mol. The molecule has 0 bridgehead atoms. The molecule has 0 aliphatic heterocycles. The Morgan fingerprint density at radius 3 is 2.38 bits per heavy atom. The summed E-state index contributed by atoms with van der Waals surface area (Å²) in [5.41, 5.74) is 1.76. The van der Waals surface area contributed by atoms with Crippen molar-refractivity contribution in [1.29, 1.82) is 0 Å². The van der Waals surface area contributed by atoms with Crippen LogP contribution in [0.3, 0.4) is 0 Å². The lowest BCUT2D eigenvalue weighted by atomic mass is 10.1. The van der Waals surface area contributed by atoms with Crippen molar-refractivity contribution in [2.24, 2.45) is 10.9 Å². The van der Waals surface area contributed by atoms with Crippen LogP contribution in [0.5, 0.6) is 0 Å². The van der Waals surface area contributed by atoms with Crippen molar-refractivity contribution < 1.29 is 9.53 Å². The van der Waals surface area contributed by atoms with Gasteiger partial charge in [0.1, 0.15) is 0 Å². The highest BCUT2D eigenvalue weighted by Crippen LogP contribution is 2.04. The second-order valence-corrected chi connectivity index (χ2v) is 6.20. The Morgan fingerprint density at radius 1 is 1.12 bits per heavy atom. The molecule has 1 amide bonds. The summed E-state index contributed by atoms with van der Waals surface area (Å²) in [7, 11) is 1.74. The molecule has 0 saturated heterocycles. The van der Waals surface area contributed by atoms with Gasteiger partial charge >= 0.3 is 0 Å². The first-order valence-corrected chi connectivity index (χ1v) is 8.96. The van der Waals surface area contributed by atoms with Crippen molar-refractivity contribution in [2.45, 2.75) is 33.7 Å². The Hall–Kier alpha value is -1.35. The smallest absolute Gasteiger partial charge is 0.251 e. The minimum atomic E-state index is -0.0445. The van der Waals surface area contributed by atoms with Crippen molar-refractivity contribution in [3.63, 3.8) is 0 Å². The number of nitrogens with zero attached hydrogens (tertiary/aromatic N) is 1. The van der Waals surface area contributed by atoms with Crippen LogP contribution in [-0.2, 0) is 11.3 Å². The van der Waals surface area contributed by atoms with Gasteiger partial charge in [-0.25, -0.2) is 0 Å². The number of rotatable bonds is 10. The van der Waals surface area contributed by atoms with E-state index in [4.69, 9.17) is 4.74 Å². The van der Waals surface area contributed by atoms with Crippen LogP contribution in [0.2, 0.25) is 0 Å². The lowest BCUT2D eigenvalue weighted by Crippen LogP contribution is -2.38. The molecule has 0 aromatic heterocycles. The predicted octanol–water partition coefficient (Wildman–Crippen LogP) is 2.78. The highest BCUT2D eigenvalue weighted by Gasteiger charge is 2.04. The summed E-state index contributed by atoms with van der Waals surface area (Å²) in [6, 6.07) is 7.56. The van der Waals surface area contributed by atoms with Gasteiger partial charge in [0.25, 0.3) is 5.91 Å². The van der Waals surface area contributed by atoms with E-state index in [2.05, 4.69) is 34.8 Å². The first-order valence-electron chi connectivity index (χ1n) is 8.96. The first kappa shape index (κ1) is 24.7. The number of amides is 1. The molecule has 0 aliphatic carbocycles. The molecule has 1 aromatic carbocycles. The molecule has 0 radical (unpaired) electrons. The third kappa shape index (κ3) is 10.6. The molecule has 6 nitrogen and oxygen atoms in total. The molecule has 0 unspecified atom stereocenters. The van der Waals surface area contributed by atoms with Crippen LogP contribution in [0.15, 0.2) is 29.3 Å². The largest absolute Gasteiger partial charge is 0.380 e. The number of carbonyl (C=O) groups is 1. The lowest BCUT2D eigenvalue weighted by molar-refractivity contribution is 0.0956.